The molecule has 0 spiro atoms. The van der Waals surface area contributed by atoms with Crippen molar-refractivity contribution in [3.8, 4) is 0 Å². The van der Waals surface area contributed by atoms with Gasteiger partial charge in [-0.25, -0.2) is 0 Å². The van der Waals surface area contributed by atoms with E-state index < -0.39 is 174 Å². The number of hydrogen-bond acceptors (Lipinski definition) is 24. The maximum Gasteiger partial charge on any atom is 0.187 e. The Labute approximate surface area is 293 Å². The topological polar surface area (TPSA) is 387 Å². The number of rotatable bonds is 11. The minimum Gasteiger partial charge on any atom is -0.394 e. The molecule has 0 radical (unpaired) electrons. The third kappa shape index (κ3) is 8.55. The molecule has 304 valence electrons. The minimum atomic E-state index is -2.10. The lowest BCUT2D eigenvalue weighted by Gasteiger charge is -2.50. The second-order valence-electron chi connectivity index (χ2n) is 13.1. The number of aliphatic hydroxyl groups excluding tert-OH is 15. The lowest BCUT2D eigenvalue weighted by Crippen LogP contribution is -2.68. The highest BCUT2D eigenvalue weighted by Crippen LogP contribution is 2.36. The number of ether oxygens (including phenoxy) is 9. The average molecular weight is 769 g/mol. The molecule has 0 aromatic heterocycles. The molecule has 5 saturated heterocycles. The van der Waals surface area contributed by atoms with Crippen molar-refractivity contribution in [1.29, 1.82) is 0 Å². The van der Waals surface area contributed by atoms with Crippen LogP contribution in [-0.4, -0.2) is 251 Å². The standard InChI is InChI=1S/C28H48O24/c29-1-8-13(36)15(38)22(51-26-17(40)12(35)7(33)5-45-26)27(47-8)52-23-18(41)20(49-25-16(39)11(34)6(32)4-44-25)10(3-31)48-28(23)50-21-14(37)9(2-30)46-24(43)19(21)42/h6-43H,1-5H2/t6-,7-,8-,9-,10-,11+,12+,13+,14-,15+,16-,17-,18+,19-,20-,21+,22-,23-,24-,25+,26+,27+,28+/m1/s1. The minimum absolute atomic E-state index is 0.533. The summed E-state index contributed by atoms with van der Waals surface area (Å²) in [6, 6.07) is 0. The van der Waals surface area contributed by atoms with Crippen molar-refractivity contribution in [2.75, 3.05) is 33.0 Å². The van der Waals surface area contributed by atoms with Crippen LogP contribution in [0.4, 0.5) is 0 Å². The van der Waals surface area contributed by atoms with Gasteiger partial charge in [-0.3, -0.25) is 0 Å². The highest BCUT2D eigenvalue weighted by Gasteiger charge is 2.56. The molecule has 23 atom stereocenters. The zero-order valence-corrected chi connectivity index (χ0v) is 27.2. The molecule has 0 aliphatic carbocycles. The van der Waals surface area contributed by atoms with Crippen molar-refractivity contribution in [2.45, 2.75) is 141 Å². The average Bonchev–Trinajstić information content (AvgIpc) is 3.13. The smallest absolute Gasteiger partial charge is 0.187 e. The van der Waals surface area contributed by atoms with Crippen LogP contribution in [0, 0.1) is 0 Å². The predicted molar refractivity (Wildman–Crippen MR) is 155 cm³/mol. The summed E-state index contributed by atoms with van der Waals surface area (Å²) in [5, 5.41) is 156. The third-order valence-corrected chi connectivity index (χ3v) is 9.54. The van der Waals surface area contributed by atoms with Gasteiger partial charge in [-0.05, 0) is 0 Å². The summed E-state index contributed by atoms with van der Waals surface area (Å²) < 4.78 is 50.0. The van der Waals surface area contributed by atoms with E-state index in [0.29, 0.717) is 0 Å². The molecule has 0 unspecified atom stereocenters. The summed E-state index contributed by atoms with van der Waals surface area (Å²) in [6.07, 6.45) is -42.2. The van der Waals surface area contributed by atoms with Gasteiger partial charge in [0.1, 0.15) is 110 Å². The molecular weight excluding hydrogens is 720 g/mol. The first-order chi connectivity index (χ1) is 24.6. The van der Waals surface area contributed by atoms with Crippen molar-refractivity contribution < 1.29 is 119 Å². The van der Waals surface area contributed by atoms with Gasteiger partial charge in [-0.2, -0.15) is 0 Å². The molecule has 5 aliphatic rings. The van der Waals surface area contributed by atoms with Crippen LogP contribution in [0.15, 0.2) is 0 Å². The predicted octanol–water partition coefficient (Wildman–Crippen LogP) is -10.6. The first-order valence-electron chi connectivity index (χ1n) is 16.4. The van der Waals surface area contributed by atoms with E-state index in [-0.39, 0.29) is 0 Å². The maximum absolute atomic E-state index is 11.7. The molecule has 0 aromatic carbocycles. The molecule has 5 rings (SSSR count). The van der Waals surface area contributed by atoms with E-state index in [9.17, 15) is 76.6 Å². The summed E-state index contributed by atoms with van der Waals surface area (Å²) in [7, 11) is 0. The van der Waals surface area contributed by atoms with Crippen LogP contribution >= 0.6 is 0 Å². The fourth-order valence-corrected chi connectivity index (χ4v) is 6.42. The van der Waals surface area contributed by atoms with Crippen molar-refractivity contribution in [1.82, 2.24) is 0 Å². The van der Waals surface area contributed by atoms with Gasteiger partial charge in [0.25, 0.3) is 0 Å². The summed E-state index contributed by atoms with van der Waals surface area (Å²) >= 11 is 0. The van der Waals surface area contributed by atoms with E-state index in [2.05, 4.69) is 0 Å². The Hall–Kier alpha value is -0.960. The molecule has 0 bridgehead atoms. The van der Waals surface area contributed by atoms with Gasteiger partial charge < -0.3 is 119 Å². The van der Waals surface area contributed by atoms with E-state index in [1.54, 1.807) is 0 Å². The Morgan fingerprint density at radius 2 is 0.788 bits per heavy atom. The van der Waals surface area contributed by atoms with Gasteiger partial charge in [0.05, 0.1) is 33.0 Å². The molecule has 5 heterocycles. The van der Waals surface area contributed by atoms with E-state index in [1.807, 2.05) is 0 Å². The fraction of sp³-hybridized carbons (Fsp3) is 1.00. The van der Waals surface area contributed by atoms with Crippen LogP contribution in [0.1, 0.15) is 0 Å². The van der Waals surface area contributed by atoms with Crippen molar-refractivity contribution >= 4 is 0 Å². The van der Waals surface area contributed by atoms with E-state index in [0.717, 1.165) is 0 Å². The summed E-state index contributed by atoms with van der Waals surface area (Å²) in [6.45, 7) is -3.83. The lowest BCUT2D eigenvalue weighted by atomic mass is 9.95. The molecule has 24 nitrogen and oxygen atoms in total. The third-order valence-electron chi connectivity index (χ3n) is 9.54. The Bertz CT molecular complexity index is 1110. The van der Waals surface area contributed by atoms with Gasteiger partial charge >= 0.3 is 0 Å². The maximum atomic E-state index is 11.7. The Kier molecular flexibility index (Phi) is 14.5. The monoisotopic (exact) mass is 768 g/mol. The van der Waals surface area contributed by atoms with Crippen LogP contribution in [0.5, 0.6) is 0 Å². The highest BCUT2D eigenvalue weighted by atomic mass is 16.8. The molecule has 52 heavy (non-hydrogen) atoms. The largest absolute Gasteiger partial charge is 0.394 e. The zero-order chi connectivity index (χ0) is 38.2. The first kappa shape index (κ1) is 42.2. The first-order valence-corrected chi connectivity index (χ1v) is 16.4. The molecule has 5 fully saturated rings. The van der Waals surface area contributed by atoms with Crippen LogP contribution in [-0.2, 0) is 42.6 Å². The SMILES string of the molecule is OC[C@H]1O[C@@H](O[C@H]2[C@H](O[C@@H]3[C@@H](O)[C@H](O)O[C@H](CO)[C@H]3O)O[C@H](CO)[C@@H](O[C@@H]3OC[C@@H](O)[C@H](O)[C@H]3O)[C@@H]2O)[C@H](O[C@@H]2OC[C@@H](O)[C@H](O)[C@H]2O)[C@@H](O)[C@H]1O. The summed E-state index contributed by atoms with van der Waals surface area (Å²) in [5.41, 5.74) is 0. The van der Waals surface area contributed by atoms with Gasteiger partial charge in [0, 0.05) is 0 Å². The Morgan fingerprint density at radius 1 is 0.365 bits per heavy atom. The van der Waals surface area contributed by atoms with E-state index >= 15 is 0 Å². The van der Waals surface area contributed by atoms with Crippen molar-refractivity contribution in [2.24, 2.45) is 0 Å². The quantitative estimate of drug-likeness (QED) is 0.0927. The van der Waals surface area contributed by atoms with Crippen LogP contribution in [0.2, 0.25) is 0 Å². The zero-order valence-electron chi connectivity index (χ0n) is 27.2. The van der Waals surface area contributed by atoms with Crippen LogP contribution in [0.3, 0.4) is 0 Å². The van der Waals surface area contributed by atoms with Gasteiger partial charge in [0.15, 0.2) is 31.5 Å². The summed E-state index contributed by atoms with van der Waals surface area (Å²) in [5.74, 6) is 0. The molecule has 24 heteroatoms. The number of aliphatic hydroxyl groups is 15. The van der Waals surface area contributed by atoms with Crippen molar-refractivity contribution in [3.63, 3.8) is 0 Å². The second kappa shape index (κ2) is 17.9. The van der Waals surface area contributed by atoms with Gasteiger partial charge in [-0.1, -0.05) is 0 Å². The lowest BCUT2D eigenvalue weighted by molar-refractivity contribution is -0.408. The van der Waals surface area contributed by atoms with Crippen molar-refractivity contribution in [3.05, 3.63) is 0 Å². The highest BCUT2D eigenvalue weighted by molar-refractivity contribution is 4.98. The Morgan fingerprint density at radius 3 is 1.31 bits per heavy atom. The number of hydrogen-bond donors (Lipinski definition) is 15. The van der Waals surface area contributed by atoms with E-state index in [4.69, 9.17) is 42.6 Å². The molecule has 15 N–H and O–H groups in total. The van der Waals surface area contributed by atoms with Crippen LogP contribution in [0.25, 0.3) is 0 Å². The molecular formula is C28H48O24. The summed E-state index contributed by atoms with van der Waals surface area (Å²) in [4.78, 5) is 0. The molecule has 0 aromatic rings. The molecule has 5 aliphatic heterocycles. The molecule has 0 amide bonds. The van der Waals surface area contributed by atoms with Gasteiger partial charge in [0.2, 0.25) is 0 Å². The second-order valence-corrected chi connectivity index (χ2v) is 13.1. The van der Waals surface area contributed by atoms with E-state index in [1.165, 1.54) is 0 Å². The molecule has 0 saturated carbocycles. The Balaban J connectivity index is 1.47. The van der Waals surface area contributed by atoms with Crippen LogP contribution < -0.4 is 0 Å². The normalized spacial score (nSPS) is 53.5. The fourth-order valence-electron chi connectivity index (χ4n) is 6.42. The van der Waals surface area contributed by atoms with Gasteiger partial charge in [-0.15, -0.1) is 0 Å².